The largest absolute Gasteiger partial charge is 0.312 e. The van der Waals surface area contributed by atoms with E-state index in [1.807, 2.05) is 38.1 Å². The Morgan fingerprint density at radius 3 is 2.60 bits per heavy atom. The van der Waals surface area contributed by atoms with Gasteiger partial charge in [-0.2, -0.15) is 0 Å². The van der Waals surface area contributed by atoms with Gasteiger partial charge in [-0.25, -0.2) is 8.42 Å². The number of carbonyl (C=O) groups excluding carboxylic acids is 1. The van der Waals surface area contributed by atoms with Crippen LogP contribution in [0.1, 0.15) is 18.9 Å². The van der Waals surface area contributed by atoms with E-state index in [-0.39, 0.29) is 24.0 Å². The van der Waals surface area contributed by atoms with Crippen molar-refractivity contribution in [3.05, 3.63) is 41.3 Å². The van der Waals surface area contributed by atoms with Gasteiger partial charge in [-0.05, 0) is 25.5 Å². The summed E-state index contributed by atoms with van der Waals surface area (Å²) < 4.78 is 22.7. The van der Waals surface area contributed by atoms with Gasteiger partial charge < -0.3 is 4.90 Å². The summed E-state index contributed by atoms with van der Waals surface area (Å²) in [5.74, 6) is -0.191. The summed E-state index contributed by atoms with van der Waals surface area (Å²) in [6.07, 6.45) is 1.86. The van der Waals surface area contributed by atoms with Crippen LogP contribution in [0.3, 0.4) is 0 Å². The third-order valence-electron chi connectivity index (χ3n) is 3.46. The van der Waals surface area contributed by atoms with Crippen molar-refractivity contribution >= 4 is 21.4 Å². The van der Waals surface area contributed by atoms with Crippen LogP contribution in [0.4, 0.5) is 5.69 Å². The highest BCUT2D eigenvalue weighted by Gasteiger charge is 2.26. The van der Waals surface area contributed by atoms with Crippen molar-refractivity contribution in [1.82, 2.24) is 0 Å². The van der Waals surface area contributed by atoms with Crippen molar-refractivity contribution < 1.29 is 13.2 Å². The van der Waals surface area contributed by atoms with Crippen molar-refractivity contribution in [2.24, 2.45) is 5.92 Å². The molecule has 0 fully saturated rings. The SMILES string of the molecule is CCN(C(=O)C[C@@H]1C=CS(=O)(=O)C1)c1ccccc1C. The Morgan fingerprint density at radius 1 is 1.35 bits per heavy atom. The zero-order valence-corrected chi connectivity index (χ0v) is 12.6. The van der Waals surface area contributed by atoms with E-state index < -0.39 is 9.84 Å². The van der Waals surface area contributed by atoms with Crippen LogP contribution in [-0.4, -0.2) is 26.6 Å². The molecule has 1 aromatic rings. The number of hydrogen-bond donors (Lipinski definition) is 0. The number of allylic oxidation sites excluding steroid dienone is 1. The highest BCUT2D eigenvalue weighted by Crippen LogP contribution is 2.24. The number of benzene rings is 1. The molecule has 0 radical (unpaired) electrons. The van der Waals surface area contributed by atoms with E-state index in [9.17, 15) is 13.2 Å². The van der Waals surface area contributed by atoms with E-state index in [2.05, 4.69) is 0 Å². The van der Waals surface area contributed by atoms with Crippen molar-refractivity contribution in [3.63, 3.8) is 0 Å². The van der Waals surface area contributed by atoms with Crippen LogP contribution in [-0.2, 0) is 14.6 Å². The van der Waals surface area contributed by atoms with Gasteiger partial charge in [-0.15, -0.1) is 0 Å². The molecule has 2 rings (SSSR count). The van der Waals surface area contributed by atoms with Crippen LogP contribution in [0, 0.1) is 12.8 Å². The van der Waals surface area contributed by atoms with Crippen molar-refractivity contribution in [2.45, 2.75) is 20.3 Å². The molecule has 1 aromatic carbocycles. The first-order valence-electron chi connectivity index (χ1n) is 6.70. The van der Waals surface area contributed by atoms with Gasteiger partial charge in [0.15, 0.2) is 9.84 Å². The topological polar surface area (TPSA) is 54.5 Å². The van der Waals surface area contributed by atoms with E-state index in [0.717, 1.165) is 11.3 Å². The first kappa shape index (κ1) is 14.8. The van der Waals surface area contributed by atoms with Gasteiger partial charge in [0.25, 0.3) is 0 Å². The molecule has 4 nitrogen and oxygen atoms in total. The number of aryl methyl sites for hydroxylation is 1. The summed E-state index contributed by atoms with van der Waals surface area (Å²) in [5, 5.41) is 1.22. The van der Waals surface area contributed by atoms with Crippen LogP contribution >= 0.6 is 0 Å². The summed E-state index contributed by atoms with van der Waals surface area (Å²) in [6, 6.07) is 7.71. The predicted octanol–water partition coefficient (Wildman–Crippen LogP) is 2.30. The fraction of sp³-hybridized carbons (Fsp3) is 0.400. The van der Waals surface area contributed by atoms with Crippen molar-refractivity contribution in [1.29, 1.82) is 0 Å². The predicted molar refractivity (Wildman–Crippen MR) is 80.2 cm³/mol. The number of hydrogen-bond acceptors (Lipinski definition) is 3. The minimum atomic E-state index is -3.10. The fourth-order valence-corrected chi connectivity index (χ4v) is 3.85. The van der Waals surface area contributed by atoms with Crippen LogP contribution in [0.25, 0.3) is 0 Å². The molecule has 1 aliphatic rings. The quantitative estimate of drug-likeness (QED) is 0.856. The Bertz CT molecular complexity index is 634. The summed E-state index contributed by atoms with van der Waals surface area (Å²) in [5.41, 5.74) is 1.93. The zero-order chi connectivity index (χ0) is 14.8. The lowest BCUT2D eigenvalue weighted by molar-refractivity contribution is -0.119. The maximum Gasteiger partial charge on any atom is 0.227 e. The van der Waals surface area contributed by atoms with Crippen LogP contribution in [0.15, 0.2) is 35.7 Å². The van der Waals surface area contributed by atoms with E-state index >= 15 is 0 Å². The van der Waals surface area contributed by atoms with Crippen molar-refractivity contribution in [3.8, 4) is 0 Å². The van der Waals surface area contributed by atoms with Gasteiger partial charge in [-0.1, -0.05) is 24.3 Å². The second-order valence-corrected chi connectivity index (χ2v) is 6.98. The van der Waals surface area contributed by atoms with Gasteiger partial charge in [0.05, 0.1) is 5.75 Å². The number of rotatable bonds is 4. The molecule has 1 atom stereocenters. The molecular weight excluding hydrogens is 274 g/mol. The maximum absolute atomic E-state index is 12.4. The molecular formula is C15H19NO3S. The molecule has 0 spiro atoms. The zero-order valence-electron chi connectivity index (χ0n) is 11.7. The second-order valence-electron chi connectivity index (χ2n) is 5.05. The Labute approximate surface area is 120 Å². The van der Waals surface area contributed by atoms with Gasteiger partial charge in [0, 0.05) is 30.0 Å². The van der Waals surface area contributed by atoms with Crippen LogP contribution < -0.4 is 4.90 Å². The number of sulfone groups is 1. The van der Waals surface area contributed by atoms with Gasteiger partial charge >= 0.3 is 0 Å². The standard InChI is InChI=1S/C15H19NO3S/c1-3-16(14-7-5-4-6-12(14)2)15(17)10-13-8-9-20(18,19)11-13/h4-9,13H,3,10-11H2,1-2H3/t13-/m0/s1. The van der Waals surface area contributed by atoms with Crippen molar-refractivity contribution in [2.75, 3.05) is 17.2 Å². The molecule has 20 heavy (non-hydrogen) atoms. The molecule has 0 saturated carbocycles. The number of carbonyl (C=O) groups is 1. The molecule has 108 valence electrons. The molecule has 0 bridgehead atoms. The maximum atomic E-state index is 12.4. The second kappa shape index (κ2) is 5.79. The fourth-order valence-electron chi connectivity index (χ4n) is 2.45. The van der Waals surface area contributed by atoms with E-state index in [0.29, 0.717) is 6.54 Å². The Hall–Kier alpha value is -1.62. The molecule has 1 amide bonds. The molecule has 1 heterocycles. The lowest BCUT2D eigenvalue weighted by Crippen LogP contribution is -2.32. The van der Waals surface area contributed by atoms with E-state index in [1.54, 1.807) is 11.0 Å². The van der Waals surface area contributed by atoms with Gasteiger partial charge in [0.2, 0.25) is 5.91 Å². The first-order valence-corrected chi connectivity index (χ1v) is 8.41. The average Bonchev–Trinajstić information content (AvgIpc) is 2.72. The average molecular weight is 293 g/mol. The summed E-state index contributed by atoms with van der Waals surface area (Å²) in [4.78, 5) is 14.1. The Balaban J connectivity index is 2.11. The number of nitrogens with zero attached hydrogens (tertiary/aromatic N) is 1. The molecule has 1 aliphatic heterocycles. The first-order chi connectivity index (χ1) is 9.43. The van der Waals surface area contributed by atoms with Crippen LogP contribution in [0.5, 0.6) is 0 Å². The third kappa shape index (κ3) is 3.28. The lowest BCUT2D eigenvalue weighted by atomic mass is 10.1. The molecule has 0 unspecified atom stereocenters. The van der Waals surface area contributed by atoms with Gasteiger partial charge in [0.1, 0.15) is 0 Å². The molecule has 0 N–H and O–H groups in total. The number of anilines is 1. The highest BCUT2D eigenvalue weighted by molar-refractivity contribution is 7.94. The van der Waals surface area contributed by atoms with E-state index in [1.165, 1.54) is 5.41 Å². The third-order valence-corrected chi connectivity index (χ3v) is 4.93. The summed E-state index contributed by atoms with van der Waals surface area (Å²) in [7, 11) is -3.10. The lowest BCUT2D eigenvalue weighted by Gasteiger charge is -2.24. The Morgan fingerprint density at radius 2 is 2.05 bits per heavy atom. The summed E-state index contributed by atoms with van der Waals surface area (Å²) in [6.45, 7) is 4.46. The number of amides is 1. The highest BCUT2D eigenvalue weighted by atomic mass is 32.2. The van der Waals surface area contributed by atoms with Gasteiger partial charge in [-0.3, -0.25) is 4.79 Å². The summed E-state index contributed by atoms with van der Waals surface area (Å²) >= 11 is 0. The molecule has 0 saturated heterocycles. The molecule has 5 heteroatoms. The van der Waals surface area contributed by atoms with E-state index in [4.69, 9.17) is 0 Å². The smallest absolute Gasteiger partial charge is 0.227 e. The van der Waals surface area contributed by atoms with Crippen LogP contribution in [0.2, 0.25) is 0 Å². The normalized spacial score (nSPS) is 20.0. The minimum absolute atomic E-state index is 0.0337. The molecule has 0 aromatic heterocycles. The monoisotopic (exact) mass is 293 g/mol. The Kier molecular flexibility index (Phi) is 4.28. The minimum Gasteiger partial charge on any atom is -0.312 e. The number of para-hydroxylation sites is 1. The molecule has 0 aliphatic carbocycles.